The number of fused-ring (bicyclic) bond motifs is 3. The first-order valence-corrected chi connectivity index (χ1v) is 9.66. The van der Waals surface area contributed by atoms with Crippen molar-refractivity contribution in [1.29, 1.82) is 0 Å². The van der Waals surface area contributed by atoms with Crippen LogP contribution in [0.4, 0.5) is 0 Å². The minimum atomic E-state index is -0.167. The van der Waals surface area contributed by atoms with Crippen LogP contribution in [-0.2, 0) is 0 Å². The lowest BCUT2D eigenvalue weighted by Crippen LogP contribution is -2.27. The number of hydrogen-bond donors (Lipinski definition) is 0. The van der Waals surface area contributed by atoms with Crippen LogP contribution in [0.1, 0.15) is 19.9 Å². The maximum atomic E-state index is 13.3. The van der Waals surface area contributed by atoms with Gasteiger partial charge in [-0.15, -0.1) is 0 Å². The van der Waals surface area contributed by atoms with Gasteiger partial charge in [0.25, 0.3) is 11.1 Å². The predicted octanol–water partition coefficient (Wildman–Crippen LogP) is 5.46. The van der Waals surface area contributed by atoms with Gasteiger partial charge in [0.05, 0.1) is 10.8 Å². The standard InChI is InChI=1S/C25H15NO2/c1-11(2)26-24(27)22-15-9-7-13-5-3-12-4-6-14-8-10-16(23(22)25(26)28)21-19(14)17(12)18(13)20(15)21/h3-11H,1-2H3. The summed E-state index contributed by atoms with van der Waals surface area (Å²) in [5.41, 5.74) is -0.334. The maximum absolute atomic E-state index is 13.3. The highest BCUT2D eigenvalue weighted by Gasteiger charge is 2.26. The van der Waals surface area contributed by atoms with Crippen LogP contribution in [0.5, 0.6) is 0 Å². The Balaban J connectivity index is 2.01. The van der Waals surface area contributed by atoms with Crippen LogP contribution in [0.25, 0.3) is 64.6 Å². The first-order valence-electron chi connectivity index (χ1n) is 9.66. The Kier molecular flexibility index (Phi) is 2.26. The molecular formula is C25H15NO2. The molecule has 0 aliphatic heterocycles. The molecule has 28 heavy (non-hydrogen) atoms. The van der Waals surface area contributed by atoms with Crippen molar-refractivity contribution in [1.82, 2.24) is 4.57 Å². The van der Waals surface area contributed by atoms with E-state index < -0.39 is 0 Å². The Morgan fingerprint density at radius 2 is 0.893 bits per heavy atom. The molecule has 0 aliphatic rings. The van der Waals surface area contributed by atoms with Crippen molar-refractivity contribution in [3.8, 4) is 0 Å². The summed E-state index contributed by atoms with van der Waals surface area (Å²) in [5, 5.41) is 12.5. The van der Waals surface area contributed by atoms with E-state index >= 15 is 0 Å². The first kappa shape index (κ1) is 14.6. The van der Waals surface area contributed by atoms with E-state index in [2.05, 4.69) is 36.4 Å². The second-order valence-corrected chi connectivity index (χ2v) is 8.23. The van der Waals surface area contributed by atoms with E-state index in [9.17, 15) is 9.59 Å². The van der Waals surface area contributed by atoms with Gasteiger partial charge in [0.2, 0.25) is 0 Å². The highest BCUT2D eigenvalue weighted by atomic mass is 16.2. The quantitative estimate of drug-likeness (QED) is 0.364. The van der Waals surface area contributed by atoms with E-state index in [1.54, 1.807) is 0 Å². The summed E-state index contributed by atoms with van der Waals surface area (Å²) >= 11 is 0. The van der Waals surface area contributed by atoms with Crippen LogP contribution in [0.3, 0.4) is 0 Å². The fourth-order valence-corrected chi connectivity index (χ4v) is 5.50. The van der Waals surface area contributed by atoms with Crippen LogP contribution in [0.2, 0.25) is 0 Å². The van der Waals surface area contributed by atoms with Crippen molar-refractivity contribution in [2.24, 2.45) is 0 Å². The van der Waals surface area contributed by atoms with E-state index in [4.69, 9.17) is 0 Å². The lowest BCUT2D eigenvalue weighted by Gasteiger charge is -2.06. The fourth-order valence-electron chi connectivity index (χ4n) is 5.50. The Morgan fingerprint density at radius 1 is 0.536 bits per heavy atom. The fraction of sp³-hybridized carbons (Fsp3) is 0.120. The highest BCUT2D eigenvalue weighted by molar-refractivity contribution is 6.48. The van der Waals surface area contributed by atoms with E-state index in [1.165, 1.54) is 36.9 Å². The molecule has 0 radical (unpaired) electrons. The minimum Gasteiger partial charge on any atom is -0.272 e. The molecular weight excluding hydrogens is 346 g/mol. The van der Waals surface area contributed by atoms with Crippen LogP contribution < -0.4 is 11.1 Å². The van der Waals surface area contributed by atoms with Crippen LogP contribution in [-0.4, -0.2) is 4.57 Å². The first-order chi connectivity index (χ1) is 13.6. The molecule has 0 saturated carbocycles. The number of rotatable bonds is 1. The average molecular weight is 361 g/mol. The predicted molar refractivity (Wildman–Crippen MR) is 117 cm³/mol. The lowest BCUT2D eigenvalue weighted by molar-refractivity contribution is 0.574. The Labute approximate surface area is 158 Å². The van der Waals surface area contributed by atoms with Crippen LogP contribution in [0, 0.1) is 0 Å². The zero-order chi connectivity index (χ0) is 18.9. The molecule has 0 spiro atoms. The van der Waals surface area contributed by atoms with Crippen molar-refractivity contribution in [2.45, 2.75) is 19.9 Å². The van der Waals surface area contributed by atoms with E-state index in [1.807, 2.05) is 26.0 Å². The van der Waals surface area contributed by atoms with E-state index in [-0.39, 0.29) is 17.2 Å². The molecule has 6 aromatic carbocycles. The van der Waals surface area contributed by atoms with Crippen molar-refractivity contribution < 1.29 is 0 Å². The monoisotopic (exact) mass is 361 g/mol. The van der Waals surface area contributed by atoms with Gasteiger partial charge in [-0.2, -0.15) is 0 Å². The largest absolute Gasteiger partial charge is 0.272 e. The number of benzene rings is 5. The van der Waals surface area contributed by atoms with Gasteiger partial charge in [-0.25, -0.2) is 0 Å². The summed E-state index contributed by atoms with van der Waals surface area (Å²) in [4.78, 5) is 26.6. The Bertz CT molecular complexity index is 1700. The third-order valence-electron chi connectivity index (χ3n) is 6.57. The van der Waals surface area contributed by atoms with Gasteiger partial charge in [0.1, 0.15) is 0 Å². The average Bonchev–Trinajstić information content (AvgIpc) is 3.18. The molecule has 1 heterocycles. The summed E-state index contributed by atoms with van der Waals surface area (Å²) < 4.78 is 1.41. The maximum Gasteiger partial charge on any atom is 0.262 e. The van der Waals surface area contributed by atoms with Gasteiger partial charge in [-0.05, 0) is 67.7 Å². The second kappa shape index (κ2) is 4.33. The summed E-state index contributed by atoms with van der Waals surface area (Å²) in [6, 6.07) is 16.7. The van der Waals surface area contributed by atoms with Crippen molar-refractivity contribution >= 4 is 64.6 Å². The lowest BCUT2D eigenvalue weighted by atomic mass is 9.95. The van der Waals surface area contributed by atoms with Crippen molar-refractivity contribution in [3.63, 3.8) is 0 Å². The molecule has 0 saturated heterocycles. The molecule has 0 fully saturated rings. The van der Waals surface area contributed by atoms with Crippen LogP contribution >= 0.6 is 0 Å². The summed E-state index contributed by atoms with van der Waals surface area (Å²) in [6.07, 6.45) is 0. The Morgan fingerprint density at radius 3 is 1.29 bits per heavy atom. The molecule has 7 rings (SSSR count). The topological polar surface area (TPSA) is 39.1 Å². The molecule has 7 aromatic rings. The molecule has 3 heteroatoms. The van der Waals surface area contributed by atoms with Gasteiger partial charge in [0, 0.05) is 6.04 Å². The highest BCUT2D eigenvalue weighted by Crippen LogP contribution is 2.49. The normalized spacial score (nSPS) is 13.2. The second-order valence-electron chi connectivity index (χ2n) is 8.23. The van der Waals surface area contributed by atoms with Gasteiger partial charge in [-0.1, -0.05) is 48.5 Å². The molecule has 0 amide bonds. The van der Waals surface area contributed by atoms with E-state index in [0.29, 0.717) is 10.8 Å². The molecule has 0 aliphatic carbocycles. The molecule has 0 unspecified atom stereocenters. The van der Waals surface area contributed by atoms with Gasteiger partial charge < -0.3 is 0 Å². The molecule has 0 atom stereocenters. The third-order valence-corrected chi connectivity index (χ3v) is 6.57. The van der Waals surface area contributed by atoms with Crippen LogP contribution in [0.15, 0.2) is 58.1 Å². The number of hydrogen-bond acceptors (Lipinski definition) is 2. The van der Waals surface area contributed by atoms with Crippen molar-refractivity contribution in [3.05, 3.63) is 69.2 Å². The summed E-state index contributed by atoms with van der Waals surface area (Å²) in [7, 11) is 0. The Hall–Kier alpha value is -3.46. The summed E-state index contributed by atoms with van der Waals surface area (Å²) in [6.45, 7) is 3.79. The van der Waals surface area contributed by atoms with Gasteiger partial charge in [-0.3, -0.25) is 14.2 Å². The zero-order valence-corrected chi connectivity index (χ0v) is 15.5. The summed E-state index contributed by atoms with van der Waals surface area (Å²) in [5.74, 6) is 0. The number of nitrogens with zero attached hydrogens (tertiary/aromatic N) is 1. The smallest absolute Gasteiger partial charge is 0.262 e. The van der Waals surface area contributed by atoms with E-state index in [0.717, 1.165) is 21.5 Å². The number of aromatic nitrogens is 1. The van der Waals surface area contributed by atoms with Gasteiger partial charge >= 0.3 is 0 Å². The zero-order valence-electron chi connectivity index (χ0n) is 15.5. The van der Waals surface area contributed by atoms with Crippen molar-refractivity contribution in [2.75, 3.05) is 0 Å². The molecule has 0 bridgehead atoms. The minimum absolute atomic E-state index is 0.163. The SMILES string of the molecule is CC(C)n1c(=O)c2c3ccc4ccc5ccc6ccc(c2c1=O)c1c6c5c4c31. The third kappa shape index (κ3) is 1.33. The molecule has 3 nitrogen and oxygen atoms in total. The van der Waals surface area contributed by atoms with Gasteiger partial charge in [0.15, 0.2) is 0 Å². The molecule has 1 aromatic heterocycles. The molecule has 0 N–H and O–H groups in total. The molecule has 132 valence electrons.